The van der Waals surface area contributed by atoms with Crippen LogP contribution in [0.3, 0.4) is 0 Å². The molecule has 0 N–H and O–H groups in total. The summed E-state index contributed by atoms with van der Waals surface area (Å²) in [5.74, 6) is 0.534. The third-order valence-corrected chi connectivity index (χ3v) is 8.27. The predicted octanol–water partition coefficient (Wildman–Crippen LogP) is 3.10. The molecular weight excluding hydrogens is 450 g/mol. The molecular formula is C23H28ClN3O4S. The van der Waals surface area contributed by atoms with E-state index in [9.17, 15) is 13.2 Å². The van der Waals surface area contributed by atoms with E-state index in [1.165, 1.54) is 10.4 Å². The number of methoxy groups -OCH3 is 1. The van der Waals surface area contributed by atoms with Gasteiger partial charge in [0.15, 0.2) is 0 Å². The lowest BCUT2D eigenvalue weighted by atomic mass is 9.97. The van der Waals surface area contributed by atoms with Crippen LogP contribution in [0.1, 0.15) is 12.8 Å². The number of halogens is 1. The molecule has 2 aromatic carbocycles. The summed E-state index contributed by atoms with van der Waals surface area (Å²) >= 11 is 5.99. The number of carbonyl (C=O) groups is 1. The highest BCUT2D eigenvalue weighted by Crippen LogP contribution is 2.27. The molecule has 172 valence electrons. The van der Waals surface area contributed by atoms with Crippen molar-refractivity contribution >= 4 is 33.2 Å². The Kier molecular flexibility index (Phi) is 6.93. The molecule has 0 radical (unpaired) electrons. The van der Waals surface area contributed by atoms with Crippen LogP contribution in [0.15, 0.2) is 53.4 Å². The normalized spacial score (nSPS) is 20.2. The number of hydrogen-bond acceptors (Lipinski definition) is 5. The lowest BCUT2D eigenvalue weighted by Crippen LogP contribution is -2.53. The highest BCUT2D eigenvalue weighted by Gasteiger charge is 2.36. The number of hydrogen-bond donors (Lipinski definition) is 0. The van der Waals surface area contributed by atoms with E-state index in [0.29, 0.717) is 37.5 Å². The lowest BCUT2D eigenvalue weighted by molar-refractivity contribution is -0.137. The van der Waals surface area contributed by atoms with Gasteiger partial charge in [-0.25, -0.2) is 8.42 Å². The number of benzene rings is 2. The second-order valence-electron chi connectivity index (χ2n) is 8.17. The Labute approximate surface area is 194 Å². The van der Waals surface area contributed by atoms with Crippen molar-refractivity contribution in [2.24, 2.45) is 5.92 Å². The number of piperidine rings is 1. The Morgan fingerprint density at radius 1 is 1.03 bits per heavy atom. The average Bonchev–Trinajstić information content (AvgIpc) is 2.84. The van der Waals surface area contributed by atoms with Gasteiger partial charge in [-0.05, 0) is 43.2 Å². The molecule has 4 rings (SSSR count). The minimum atomic E-state index is -3.68. The Balaban J connectivity index is 1.38. The fourth-order valence-corrected chi connectivity index (χ4v) is 6.21. The summed E-state index contributed by atoms with van der Waals surface area (Å²) in [6.07, 6.45) is 1.37. The SMILES string of the molecule is COc1cccc(N2CCN(C(=O)C3CCCN(S(=O)(=O)c4cccc(Cl)c4)C3)CC2)c1. The van der Waals surface area contributed by atoms with E-state index in [-0.39, 0.29) is 23.3 Å². The maximum Gasteiger partial charge on any atom is 0.243 e. The first-order valence-corrected chi connectivity index (χ1v) is 12.6. The molecule has 1 atom stereocenters. The van der Waals surface area contributed by atoms with E-state index in [1.807, 2.05) is 29.2 Å². The molecule has 0 aliphatic carbocycles. The van der Waals surface area contributed by atoms with Gasteiger partial charge in [0.2, 0.25) is 15.9 Å². The Morgan fingerprint density at radius 2 is 1.78 bits per heavy atom. The van der Waals surface area contributed by atoms with Gasteiger partial charge in [0.1, 0.15) is 5.75 Å². The molecule has 2 aliphatic rings. The van der Waals surface area contributed by atoms with Crippen LogP contribution in [-0.4, -0.2) is 69.9 Å². The van der Waals surface area contributed by atoms with Gasteiger partial charge in [0.05, 0.1) is 17.9 Å². The summed E-state index contributed by atoms with van der Waals surface area (Å²) in [5.41, 5.74) is 1.08. The maximum atomic E-state index is 13.2. The van der Waals surface area contributed by atoms with Crippen molar-refractivity contribution in [2.75, 3.05) is 51.3 Å². The molecule has 0 saturated carbocycles. The van der Waals surface area contributed by atoms with Crippen LogP contribution in [0.25, 0.3) is 0 Å². The summed E-state index contributed by atoms with van der Waals surface area (Å²) in [6.45, 7) is 3.33. The third-order valence-electron chi connectivity index (χ3n) is 6.18. The van der Waals surface area contributed by atoms with E-state index in [1.54, 1.807) is 25.3 Å². The first-order valence-electron chi connectivity index (χ1n) is 10.8. The topological polar surface area (TPSA) is 70.2 Å². The number of anilines is 1. The molecule has 1 amide bonds. The van der Waals surface area contributed by atoms with Gasteiger partial charge in [0.25, 0.3) is 0 Å². The minimum Gasteiger partial charge on any atom is -0.497 e. The molecule has 2 aliphatic heterocycles. The summed E-state index contributed by atoms with van der Waals surface area (Å²) in [4.78, 5) is 17.5. The molecule has 0 bridgehead atoms. The average molecular weight is 478 g/mol. The van der Waals surface area contributed by atoms with Crippen molar-refractivity contribution in [1.29, 1.82) is 0 Å². The predicted molar refractivity (Wildman–Crippen MR) is 125 cm³/mol. The van der Waals surface area contributed by atoms with Crippen LogP contribution in [0.2, 0.25) is 5.02 Å². The third kappa shape index (κ3) is 4.87. The number of amides is 1. The fraction of sp³-hybridized carbons (Fsp3) is 0.435. The standard InChI is InChI=1S/C23H28ClN3O4S/c1-31-21-8-3-7-20(16-21)25-11-13-26(14-12-25)23(28)18-5-4-10-27(17-18)32(29,30)22-9-2-6-19(24)15-22/h2-3,6-9,15-16,18H,4-5,10-14,17H2,1H3. The second-order valence-corrected chi connectivity index (χ2v) is 10.5. The molecule has 2 aromatic rings. The molecule has 2 heterocycles. The van der Waals surface area contributed by atoms with Crippen molar-refractivity contribution in [3.05, 3.63) is 53.6 Å². The molecule has 1 unspecified atom stereocenters. The second kappa shape index (κ2) is 9.68. The van der Waals surface area contributed by atoms with Gasteiger partial charge in [-0.3, -0.25) is 4.79 Å². The summed E-state index contributed by atoms with van der Waals surface area (Å²) < 4.78 is 32.9. The van der Waals surface area contributed by atoms with E-state index in [4.69, 9.17) is 16.3 Å². The van der Waals surface area contributed by atoms with Crippen LogP contribution in [0, 0.1) is 5.92 Å². The van der Waals surface area contributed by atoms with Gasteiger partial charge < -0.3 is 14.5 Å². The summed E-state index contributed by atoms with van der Waals surface area (Å²) in [5, 5.41) is 0.379. The van der Waals surface area contributed by atoms with Crippen molar-refractivity contribution in [3.8, 4) is 5.75 Å². The van der Waals surface area contributed by atoms with Gasteiger partial charge in [0, 0.05) is 56.0 Å². The van der Waals surface area contributed by atoms with Crippen molar-refractivity contribution in [2.45, 2.75) is 17.7 Å². The smallest absolute Gasteiger partial charge is 0.243 e. The minimum absolute atomic E-state index is 0.0429. The largest absolute Gasteiger partial charge is 0.497 e. The zero-order chi connectivity index (χ0) is 22.7. The number of rotatable bonds is 5. The van der Waals surface area contributed by atoms with Crippen LogP contribution < -0.4 is 9.64 Å². The van der Waals surface area contributed by atoms with Crippen molar-refractivity contribution in [1.82, 2.24) is 9.21 Å². The van der Waals surface area contributed by atoms with Crippen molar-refractivity contribution < 1.29 is 17.9 Å². The van der Waals surface area contributed by atoms with E-state index in [2.05, 4.69) is 4.90 Å². The molecule has 0 aromatic heterocycles. The van der Waals surface area contributed by atoms with Gasteiger partial charge >= 0.3 is 0 Å². The van der Waals surface area contributed by atoms with Gasteiger partial charge in [-0.15, -0.1) is 0 Å². The van der Waals surface area contributed by atoms with E-state index < -0.39 is 10.0 Å². The number of nitrogens with zero attached hydrogens (tertiary/aromatic N) is 3. The van der Waals surface area contributed by atoms with Gasteiger partial charge in [-0.1, -0.05) is 23.7 Å². The Morgan fingerprint density at radius 3 is 2.50 bits per heavy atom. The van der Waals surface area contributed by atoms with E-state index in [0.717, 1.165) is 24.5 Å². The monoisotopic (exact) mass is 477 g/mol. The first kappa shape index (κ1) is 22.9. The highest BCUT2D eigenvalue weighted by atomic mass is 35.5. The Bertz CT molecular complexity index is 1070. The number of ether oxygens (including phenoxy) is 1. The quantitative estimate of drug-likeness (QED) is 0.661. The summed E-state index contributed by atoms with van der Waals surface area (Å²) in [6, 6.07) is 14.2. The summed E-state index contributed by atoms with van der Waals surface area (Å²) in [7, 11) is -2.03. The fourth-order valence-electron chi connectivity index (χ4n) is 4.39. The van der Waals surface area contributed by atoms with Crippen LogP contribution in [-0.2, 0) is 14.8 Å². The van der Waals surface area contributed by atoms with Crippen LogP contribution >= 0.6 is 11.6 Å². The number of sulfonamides is 1. The molecule has 2 saturated heterocycles. The highest BCUT2D eigenvalue weighted by molar-refractivity contribution is 7.89. The Hall–Kier alpha value is -2.29. The molecule has 7 nitrogen and oxygen atoms in total. The number of carbonyl (C=O) groups excluding carboxylic acids is 1. The zero-order valence-corrected chi connectivity index (χ0v) is 19.7. The number of piperazine rings is 1. The maximum absolute atomic E-state index is 13.2. The molecule has 0 spiro atoms. The van der Waals surface area contributed by atoms with Crippen LogP contribution in [0.5, 0.6) is 5.75 Å². The first-order chi connectivity index (χ1) is 15.4. The molecule has 32 heavy (non-hydrogen) atoms. The van der Waals surface area contributed by atoms with Gasteiger partial charge in [-0.2, -0.15) is 4.31 Å². The van der Waals surface area contributed by atoms with E-state index >= 15 is 0 Å². The van der Waals surface area contributed by atoms with Crippen molar-refractivity contribution in [3.63, 3.8) is 0 Å². The van der Waals surface area contributed by atoms with Crippen LogP contribution in [0.4, 0.5) is 5.69 Å². The molecule has 9 heteroatoms. The lowest BCUT2D eigenvalue weighted by Gasteiger charge is -2.39. The molecule has 2 fully saturated rings. The zero-order valence-electron chi connectivity index (χ0n) is 18.1.